The van der Waals surface area contributed by atoms with Crippen LogP contribution >= 0.6 is 0 Å². The van der Waals surface area contributed by atoms with Crippen LogP contribution in [-0.2, 0) is 6.42 Å². The highest BCUT2D eigenvalue weighted by molar-refractivity contribution is 5.60. The maximum absolute atomic E-state index is 8.77. The predicted octanol–water partition coefficient (Wildman–Crippen LogP) is 2.68. The summed E-state index contributed by atoms with van der Waals surface area (Å²) in [7, 11) is 1.95. The smallest absolute Gasteiger partial charge is 0.136 e. The van der Waals surface area contributed by atoms with Crippen LogP contribution in [0.4, 0.5) is 11.5 Å². The second-order valence-corrected chi connectivity index (χ2v) is 3.94. The van der Waals surface area contributed by atoms with Crippen LogP contribution in [0, 0.1) is 11.3 Å². The molecule has 4 heteroatoms. The zero-order valence-electron chi connectivity index (χ0n) is 10.5. The molecule has 0 saturated heterocycles. The molecule has 18 heavy (non-hydrogen) atoms. The minimum absolute atomic E-state index is 0.657. The highest BCUT2D eigenvalue weighted by atomic mass is 15.2. The molecule has 1 aromatic heterocycles. The van der Waals surface area contributed by atoms with Gasteiger partial charge in [0, 0.05) is 24.5 Å². The van der Waals surface area contributed by atoms with Gasteiger partial charge in [0.1, 0.15) is 12.1 Å². The molecule has 0 amide bonds. The highest BCUT2D eigenvalue weighted by Gasteiger charge is 2.06. The lowest BCUT2D eigenvalue weighted by Gasteiger charge is -2.18. The van der Waals surface area contributed by atoms with E-state index in [4.69, 9.17) is 5.26 Å². The number of anilines is 2. The van der Waals surface area contributed by atoms with Gasteiger partial charge in [-0.25, -0.2) is 9.97 Å². The molecular formula is C14H14N4. The Kier molecular flexibility index (Phi) is 3.54. The number of aryl methyl sites for hydroxylation is 1. The average molecular weight is 238 g/mol. The van der Waals surface area contributed by atoms with Crippen molar-refractivity contribution < 1.29 is 0 Å². The summed E-state index contributed by atoms with van der Waals surface area (Å²) in [5.41, 5.74) is 2.67. The Labute approximate surface area is 107 Å². The summed E-state index contributed by atoms with van der Waals surface area (Å²) in [5.74, 6) is 0.853. The van der Waals surface area contributed by atoms with Crippen LogP contribution in [-0.4, -0.2) is 17.0 Å². The summed E-state index contributed by atoms with van der Waals surface area (Å²) in [6.45, 7) is 2.06. The van der Waals surface area contributed by atoms with Gasteiger partial charge in [-0.15, -0.1) is 0 Å². The monoisotopic (exact) mass is 238 g/mol. The van der Waals surface area contributed by atoms with E-state index in [9.17, 15) is 0 Å². The van der Waals surface area contributed by atoms with E-state index in [0.29, 0.717) is 5.56 Å². The van der Waals surface area contributed by atoms with Crippen LogP contribution in [0.3, 0.4) is 0 Å². The Balaban J connectivity index is 2.29. The lowest BCUT2D eigenvalue weighted by atomic mass is 10.2. The molecule has 0 aliphatic heterocycles. The number of rotatable bonds is 3. The van der Waals surface area contributed by atoms with Gasteiger partial charge in [-0.3, -0.25) is 0 Å². The number of hydrogen-bond acceptors (Lipinski definition) is 4. The number of hydrogen-bond donors (Lipinski definition) is 0. The molecule has 0 radical (unpaired) electrons. The minimum atomic E-state index is 0.657. The van der Waals surface area contributed by atoms with Crippen molar-refractivity contribution in [2.24, 2.45) is 0 Å². The molecular weight excluding hydrogens is 224 g/mol. The Morgan fingerprint density at radius 3 is 2.56 bits per heavy atom. The molecule has 1 heterocycles. The molecule has 1 aromatic carbocycles. The largest absolute Gasteiger partial charge is 0.329 e. The zero-order valence-corrected chi connectivity index (χ0v) is 10.5. The summed E-state index contributed by atoms with van der Waals surface area (Å²) in [6, 6.07) is 11.5. The molecule has 2 aromatic rings. The van der Waals surface area contributed by atoms with Crippen LogP contribution < -0.4 is 4.90 Å². The first kappa shape index (κ1) is 12.1. The van der Waals surface area contributed by atoms with E-state index in [1.54, 1.807) is 18.5 Å². The van der Waals surface area contributed by atoms with E-state index >= 15 is 0 Å². The summed E-state index contributed by atoms with van der Waals surface area (Å²) in [6.07, 6.45) is 2.46. The Morgan fingerprint density at radius 1 is 1.22 bits per heavy atom. The quantitative estimate of drug-likeness (QED) is 0.825. The molecule has 0 aliphatic carbocycles. The maximum Gasteiger partial charge on any atom is 0.136 e. The van der Waals surface area contributed by atoms with Crippen molar-refractivity contribution in [2.45, 2.75) is 13.3 Å². The van der Waals surface area contributed by atoms with Crippen LogP contribution in [0.15, 0.2) is 36.7 Å². The van der Waals surface area contributed by atoms with E-state index in [1.807, 2.05) is 30.1 Å². The van der Waals surface area contributed by atoms with Gasteiger partial charge in [-0.05, 0) is 30.7 Å². The first-order chi connectivity index (χ1) is 8.74. The predicted molar refractivity (Wildman–Crippen MR) is 70.6 cm³/mol. The average Bonchev–Trinajstić information content (AvgIpc) is 2.46. The van der Waals surface area contributed by atoms with Crippen molar-refractivity contribution in [3.05, 3.63) is 47.9 Å². The van der Waals surface area contributed by atoms with Crippen molar-refractivity contribution in [1.82, 2.24) is 9.97 Å². The summed E-state index contributed by atoms with van der Waals surface area (Å²) in [4.78, 5) is 10.4. The van der Waals surface area contributed by atoms with Gasteiger partial charge in [0.25, 0.3) is 0 Å². The second-order valence-electron chi connectivity index (χ2n) is 3.94. The fraction of sp³-hybridized carbons (Fsp3) is 0.214. The fourth-order valence-corrected chi connectivity index (χ4v) is 1.65. The Bertz CT molecular complexity index is 569. The van der Waals surface area contributed by atoms with Gasteiger partial charge in [-0.1, -0.05) is 6.92 Å². The number of nitriles is 1. The fourth-order valence-electron chi connectivity index (χ4n) is 1.65. The molecule has 4 nitrogen and oxygen atoms in total. The molecule has 0 atom stereocenters. The topological polar surface area (TPSA) is 52.8 Å². The number of nitrogens with zero attached hydrogens (tertiary/aromatic N) is 4. The van der Waals surface area contributed by atoms with Crippen molar-refractivity contribution in [2.75, 3.05) is 11.9 Å². The number of benzene rings is 1. The van der Waals surface area contributed by atoms with Crippen LogP contribution in [0.1, 0.15) is 18.2 Å². The van der Waals surface area contributed by atoms with Crippen molar-refractivity contribution >= 4 is 11.5 Å². The third-order valence-electron chi connectivity index (χ3n) is 2.80. The molecule has 0 unspecified atom stereocenters. The van der Waals surface area contributed by atoms with Crippen LogP contribution in [0.2, 0.25) is 0 Å². The highest BCUT2D eigenvalue weighted by Crippen LogP contribution is 2.21. The van der Waals surface area contributed by atoms with Crippen molar-refractivity contribution in [3.8, 4) is 6.07 Å². The van der Waals surface area contributed by atoms with Gasteiger partial charge >= 0.3 is 0 Å². The normalized spacial score (nSPS) is 9.83. The Hall–Kier alpha value is -2.41. The summed E-state index contributed by atoms with van der Waals surface area (Å²) >= 11 is 0. The third-order valence-corrected chi connectivity index (χ3v) is 2.80. The van der Waals surface area contributed by atoms with Gasteiger partial charge < -0.3 is 4.90 Å². The molecule has 0 N–H and O–H groups in total. The van der Waals surface area contributed by atoms with E-state index in [-0.39, 0.29) is 0 Å². The molecule has 0 bridgehead atoms. The van der Waals surface area contributed by atoms with Crippen LogP contribution in [0.5, 0.6) is 0 Å². The standard InChI is InChI=1S/C14H14N4/c1-3-12-8-14(17-10-16-12)18(2)13-6-4-11(9-15)5-7-13/h4-8,10H,3H2,1-2H3. The van der Waals surface area contributed by atoms with Gasteiger partial charge in [0.2, 0.25) is 0 Å². The van der Waals surface area contributed by atoms with E-state index in [2.05, 4.69) is 23.0 Å². The minimum Gasteiger partial charge on any atom is -0.329 e. The van der Waals surface area contributed by atoms with Gasteiger partial charge in [-0.2, -0.15) is 5.26 Å². The number of aromatic nitrogens is 2. The molecule has 2 rings (SSSR count). The van der Waals surface area contributed by atoms with Crippen molar-refractivity contribution in [3.63, 3.8) is 0 Å². The molecule has 90 valence electrons. The first-order valence-corrected chi connectivity index (χ1v) is 5.79. The van der Waals surface area contributed by atoms with E-state index < -0.39 is 0 Å². The lowest BCUT2D eigenvalue weighted by molar-refractivity contribution is 0.980. The zero-order chi connectivity index (χ0) is 13.0. The molecule has 0 spiro atoms. The maximum atomic E-state index is 8.77. The third kappa shape index (κ3) is 2.46. The van der Waals surface area contributed by atoms with Gasteiger partial charge in [0.05, 0.1) is 11.6 Å². The lowest BCUT2D eigenvalue weighted by Crippen LogP contribution is -2.11. The molecule has 0 saturated carbocycles. The van der Waals surface area contributed by atoms with Crippen molar-refractivity contribution in [1.29, 1.82) is 5.26 Å². The summed E-state index contributed by atoms with van der Waals surface area (Å²) in [5, 5.41) is 8.77. The Morgan fingerprint density at radius 2 is 1.94 bits per heavy atom. The van der Waals surface area contributed by atoms with E-state index in [0.717, 1.165) is 23.6 Å². The molecule has 0 fully saturated rings. The molecule has 0 aliphatic rings. The SMILES string of the molecule is CCc1cc(N(C)c2ccc(C#N)cc2)ncn1. The summed E-state index contributed by atoms with van der Waals surface area (Å²) < 4.78 is 0. The van der Waals surface area contributed by atoms with E-state index in [1.165, 1.54) is 0 Å². The van der Waals surface area contributed by atoms with Gasteiger partial charge in [0.15, 0.2) is 0 Å². The van der Waals surface area contributed by atoms with Crippen LogP contribution in [0.25, 0.3) is 0 Å². The first-order valence-electron chi connectivity index (χ1n) is 5.79. The second kappa shape index (κ2) is 5.28.